The Morgan fingerprint density at radius 2 is 1.42 bits per heavy atom. The molecule has 2 atom stereocenters. The van der Waals surface area contributed by atoms with E-state index in [2.05, 4.69) is 118 Å². The smallest absolute Gasteiger partial charge is 0.0397 e. The maximum absolute atomic E-state index is 4.58. The summed E-state index contributed by atoms with van der Waals surface area (Å²) in [6.07, 6.45) is 5.87. The highest BCUT2D eigenvalue weighted by atomic mass is 14.9. The molecular weight excluding hydrogens is 434 g/mol. The predicted octanol–water partition coefficient (Wildman–Crippen LogP) is 9.19. The minimum atomic E-state index is 0.0358. The summed E-state index contributed by atoms with van der Waals surface area (Å²) in [5, 5.41) is 3.71. The fourth-order valence-electron chi connectivity index (χ4n) is 6.18. The van der Waals surface area contributed by atoms with Crippen molar-refractivity contribution < 1.29 is 0 Å². The van der Waals surface area contributed by atoms with E-state index >= 15 is 0 Å². The second-order valence-corrected chi connectivity index (χ2v) is 11.0. The van der Waals surface area contributed by atoms with Gasteiger partial charge in [0.2, 0.25) is 0 Å². The lowest BCUT2D eigenvalue weighted by molar-refractivity contribution is 0.0606. The van der Waals surface area contributed by atoms with Crippen molar-refractivity contribution in [3.8, 4) is 0 Å². The van der Waals surface area contributed by atoms with E-state index in [-0.39, 0.29) is 10.8 Å². The summed E-state index contributed by atoms with van der Waals surface area (Å²) >= 11 is 0. The molecule has 1 fully saturated rings. The van der Waals surface area contributed by atoms with Gasteiger partial charge < -0.3 is 5.32 Å². The third-order valence-electron chi connectivity index (χ3n) is 8.58. The largest absolute Gasteiger partial charge is 0.384 e. The van der Waals surface area contributed by atoms with Gasteiger partial charge in [-0.05, 0) is 65.8 Å². The first kappa shape index (κ1) is 27.8. The predicted molar refractivity (Wildman–Crippen MR) is 157 cm³/mol. The van der Waals surface area contributed by atoms with Gasteiger partial charge in [0.15, 0.2) is 0 Å². The van der Waals surface area contributed by atoms with Crippen molar-refractivity contribution in [2.45, 2.75) is 85.6 Å². The van der Waals surface area contributed by atoms with Gasteiger partial charge in [0.25, 0.3) is 0 Å². The Hall–Kier alpha value is -2.80. The molecule has 36 heavy (non-hydrogen) atoms. The van der Waals surface area contributed by atoms with E-state index < -0.39 is 0 Å². The first-order valence-electron chi connectivity index (χ1n) is 13.9. The number of allylic oxidation sites excluding steroid dienone is 1. The van der Waals surface area contributed by atoms with E-state index in [9.17, 15) is 0 Å². The summed E-state index contributed by atoms with van der Waals surface area (Å²) in [7, 11) is 0. The third kappa shape index (κ3) is 6.12. The van der Waals surface area contributed by atoms with Gasteiger partial charge in [-0.2, -0.15) is 0 Å². The maximum atomic E-state index is 4.58. The summed E-state index contributed by atoms with van der Waals surface area (Å²) in [5.41, 5.74) is 8.48. The van der Waals surface area contributed by atoms with E-state index in [4.69, 9.17) is 0 Å². The fourth-order valence-corrected chi connectivity index (χ4v) is 6.18. The van der Waals surface area contributed by atoms with Gasteiger partial charge in [-0.15, -0.1) is 0 Å². The second-order valence-electron chi connectivity index (χ2n) is 11.0. The summed E-state index contributed by atoms with van der Waals surface area (Å²) in [5.74, 6) is 0.411. The summed E-state index contributed by atoms with van der Waals surface area (Å²) in [6.45, 7) is 19.2. The fraction of sp³-hybridized carbons (Fsp3) is 0.429. The maximum Gasteiger partial charge on any atom is 0.0397 e. The molecular formula is C35H47N. The van der Waals surface area contributed by atoms with Crippen molar-refractivity contribution in [3.63, 3.8) is 0 Å². The van der Waals surface area contributed by atoms with Crippen molar-refractivity contribution in [3.05, 3.63) is 119 Å². The van der Waals surface area contributed by atoms with Crippen LogP contribution in [0.15, 0.2) is 91.1 Å². The monoisotopic (exact) mass is 481 g/mol. The Kier molecular flexibility index (Phi) is 9.60. The van der Waals surface area contributed by atoms with Crippen LogP contribution in [0.4, 0.5) is 0 Å². The molecule has 0 aliphatic heterocycles. The van der Waals surface area contributed by atoms with Crippen molar-refractivity contribution in [1.29, 1.82) is 0 Å². The van der Waals surface area contributed by atoms with Crippen molar-refractivity contribution in [2.75, 3.05) is 0 Å². The molecule has 0 amide bonds. The van der Waals surface area contributed by atoms with Crippen LogP contribution in [0.5, 0.6) is 0 Å². The summed E-state index contributed by atoms with van der Waals surface area (Å²) < 4.78 is 0. The van der Waals surface area contributed by atoms with Gasteiger partial charge in [-0.1, -0.05) is 126 Å². The van der Waals surface area contributed by atoms with Crippen molar-refractivity contribution in [1.82, 2.24) is 5.32 Å². The van der Waals surface area contributed by atoms with Crippen LogP contribution in [0.3, 0.4) is 0 Å². The highest BCUT2D eigenvalue weighted by Crippen LogP contribution is 2.57. The van der Waals surface area contributed by atoms with Crippen LogP contribution < -0.4 is 5.32 Å². The number of aryl methyl sites for hydroxylation is 3. The lowest BCUT2D eigenvalue weighted by atomic mass is 9.50. The molecule has 1 aliphatic carbocycles. The molecule has 0 aromatic heterocycles. The number of hydrogen-bond acceptors (Lipinski definition) is 1. The molecule has 0 bridgehead atoms. The minimum Gasteiger partial charge on any atom is -0.384 e. The van der Waals surface area contributed by atoms with Gasteiger partial charge >= 0.3 is 0 Å². The van der Waals surface area contributed by atoms with E-state index in [0.29, 0.717) is 5.92 Å². The number of hydrogen-bond donors (Lipinski definition) is 1. The molecule has 0 radical (unpaired) electrons. The highest BCUT2D eigenvalue weighted by molar-refractivity contribution is 5.41. The van der Waals surface area contributed by atoms with Gasteiger partial charge in [0.1, 0.15) is 0 Å². The van der Waals surface area contributed by atoms with Gasteiger partial charge in [0.05, 0.1) is 0 Å². The highest BCUT2D eigenvalue weighted by Gasteiger charge is 2.51. The first-order chi connectivity index (χ1) is 17.3. The van der Waals surface area contributed by atoms with E-state index in [1.54, 1.807) is 0 Å². The summed E-state index contributed by atoms with van der Waals surface area (Å²) in [6, 6.07) is 28.7. The lowest BCUT2D eigenvalue weighted by Crippen LogP contribution is -2.50. The molecule has 3 aromatic carbocycles. The Balaban J connectivity index is 0.00000176. The van der Waals surface area contributed by atoms with Crippen LogP contribution in [-0.2, 0) is 24.8 Å². The Bertz CT molecular complexity index is 1100. The minimum absolute atomic E-state index is 0.0358. The van der Waals surface area contributed by atoms with Crippen molar-refractivity contribution in [2.24, 2.45) is 11.3 Å². The molecule has 0 heterocycles. The normalized spacial score (nSPS) is 20.7. The topological polar surface area (TPSA) is 12.0 Å². The molecule has 1 nitrogen and oxygen atoms in total. The Morgan fingerprint density at radius 3 is 2.03 bits per heavy atom. The first-order valence-corrected chi connectivity index (χ1v) is 13.9. The van der Waals surface area contributed by atoms with Crippen LogP contribution in [0.25, 0.3) is 0 Å². The van der Waals surface area contributed by atoms with Gasteiger partial charge in [0, 0.05) is 23.6 Å². The Morgan fingerprint density at radius 1 is 0.833 bits per heavy atom. The van der Waals surface area contributed by atoms with E-state index in [1.807, 2.05) is 13.8 Å². The average molecular weight is 482 g/mol. The van der Waals surface area contributed by atoms with Crippen molar-refractivity contribution >= 4 is 0 Å². The zero-order valence-corrected chi connectivity index (χ0v) is 23.5. The third-order valence-corrected chi connectivity index (χ3v) is 8.58. The van der Waals surface area contributed by atoms with Gasteiger partial charge in [-0.3, -0.25) is 0 Å². The number of rotatable bonds is 8. The molecule has 1 heteroatoms. The van der Waals surface area contributed by atoms with E-state index in [0.717, 1.165) is 19.4 Å². The Labute approximate surface area is 221 Å². The molecule has 1 aliphatic rings. The lowest BCUT2D eigenvalue weighted by Gasteiger charge is -2.55. The number of benzene rings is 3. The zero-order valence-electron chi connectivity index (χ0n) is 23.5. The molecule has 0 saturated heterocycles. The number of nitrogens with one attached hydrogen (secondary N) is 1. The zero-order chi connectivity index (χ0) is 26.2. The second kappa shape index (κ2) is 12.4. The molecule has 4 rings (SSSR count). The molecule has 1 N–H and O–H groups in total. The molecule has 0 spiro atoms. The van der Waals surface area contributed by atoms with Gasteiger partial charge in [-0.25, -0.2) is 0 Å². The molecule has 1 saturated carbocycles. The SMILES string of the molecule is C=C(NCc1ccccc1)C1CCCC(C)(C)[C@@]1(C)c1ccc(CCc2ccccc2)cc1C.CC. The quantitative estimate of drug-likeness (QED) is 0.338. The van der Waals surface area contributed by atoms with Crippen LogP contribution >= 0.6 is 0 Å². The van der Waals surface area contributed by atoms with Crippen LogP contribution in [0.2, 0.25) is 0 Å². The molecule has 1 unspecified atom stereocenters. The molecule has 3 aromatic rings. The van der Waals surface area contributed by atoms with Crippen LogP contribution in [0, 0.1) is 18.3 Å². The molecule has 192 valence electrons. The van der Waals surface area contributed by atoms with E-state index in [1.165, 1.54) is 52.8 Å². The van der Waals surface area contributed by atoms with Crippen LogP contribution in [0.1, 0.15) is 81.7 Å². The average Bonchev–Trinajstić information content (AvgIpc) is 2.90. The standard InChI is InChI=1S/C33H41N.C2H6/c1-25-23-28(19-18-27-13-8-6-9-14-27)20-21-30(25)33(5)31(17-12-22-32(33,3)4)26(2)34-24-29-15-10-7-11-16-29;1-2/h6-11,13-16,20-21,23,31,34H,2,12,17-19,22,24H2,1,3-5H3;1-2H3/t31?,33-;/m0./s1. The summed E-state index contributed by atoms with van der Waals surface area (Å²) in [4.78, 5) is 0. The van der Waals surface area contributed by atoms with Crippen LogP contribution in [-0.4, -0.2) is 0 Å².